The van der Waals surface area contributed by atoms with E-state index in [0.29, 0.717) is 5.41 Å². The van der Waals surface area contributed by atoms with E-state index in [-0.39, 0.29) is 0 Å². The minimum absolute atomic E-state index is 0.690. The fraction of sp³-hybridized carbons (Fsp3) is 1.00. The summed E-state index contributed by atoms with van der Waals surface area (Å²) >= 11 is 0. The second kappa shape index (κ2) is 3.57. The highest BCUT2D eigenvalue weighted by atomic mass is 14.6. The molecular weight excluding hydrogens is 134 g/mol. The van der Waals surface area contributed by atoms with Gasteiger partial charge in [0.2, 0.25) is 0 Å². The lowest BCUT2D eigenvalue weighted by Gasteiger charge is -2.08. The van der Waals surface area contributed by atoms with Crippen LogP contribution in [-0.4, -0.2) is 6.54 Å². The molecule has 66 valence electrons. The zero-order chi connectivity index (χ0) is 8.32. The molecule has 1 aliphatic carbocycles. The van der Waals surface area contributed by atoms with Crippen LogP contribution in [-0.2, 0) is 0 Å². The van der Waals surface area contributed by atoms with Gasteiger partial charge in [-0.05, 0) is 37.1 Å². The van der Waals surface area contributed by atoms with E-state index in [2.05, 4.69) is 13.8 Å². The zero-order valence-corrected chi connectivity index (χ0v) is 7.90. The van der Waals surface area contributed by atoms with Gasteiger partial charge in [-0.3, -0.25) is 0 Å². The predicted molar refractivity (Wildman–Crippen MR) is 49.4 cm³/mol. The van der Waals surface area contributed by atoms with Crippen molar-refractivity contribution in [1.29, 1.82) is 0 Å². The summed E-state index contributed by atoms with van der Waals surface area (Å²) in [6, 6.07) is 0. The SMILES string of the molecule is CCCC1CC1(C)CCCN. The molecule has 0 aromatic carbocycles. The minimum Gasteiger partial charge on any atom is -0.330 e. The molecule has 2 N–H and O–H groups in total. The Hall–Kier alpha value is -0.0400. The molecule has 0 radical (unpaired) electrons. The van der Waals surface area contributed by atoms with Gasteiger partial charge in [0.15, 0.2) is 0 Å². The average Bonchev–Trinajstić information content (AvgIpc) is 2.60. The van der Waals surface area contributed by atoms with E-state index >= 15 is 0 Å². The van der Waals surface area contributed by atoms with Crippen LogP contribution in [0.2, 0.25) is 0 Å². The van der Waals surface area contributed by atoms with Gasteiger partial charge >= 0.3 is 0 Å². The molecule has 1 nitrogen and oxygen atoms in total. The van der Waals surface area contributed by atoms with Crippen molar-refractivity contribution in [2.45, 2.75) is 46.0 Å². The third kappa shape index (κ3) is 2.19. The molecule has 0 saturated heterocycles. The fourth-order valence-electron chi connectivity index (χ4n) is 2.12. The summed E-state index contributed by atoms with van der Waals surface area (Å²) < 4.78 is 0. The monoisotopic (exact) mass is 155 g/mol. The molecule has 1 rings (SSSR count). The molecule has 2 atom stereocenters. The summed E-state index contributed by atoms with van der Waals surface area (Å²) in [5.74, 6) is 1.03. The van der Waals surface area contributed by atoms with Crippen molar-refractivity contribution in [3.05, 3.63) is 0 Å². The van der Waals surface area contributed by atoms with Gasteiger partial charge in [0.25, 0.3) is 0 Å². The quantitative estimate of drug-likeness (QED) is 0.648. The highest BCUT2D eigenvalue weighted by Crippen LogP contribution is 2.57. The van der Waals surface area contributed by atoms with E-state index in [1.54, 1.807) is 0 Å². The molecule has 0 aliphatic heterocycles. The highest BCUT2D eigenvalue weighted by Gasteiger charge is 2.47. The Morgan fingerprint density at radius 3 is 2.82 bits per heavy atom. The van der Waals surface area contributed by atoms with Crippen molar-refractivity contribution in [3.8, 4) is 0 Å². The fourth-order valence-corrected chi connectivity index (χ4v) is 2.12. The first-order valence-electron chi connectivity index (χ1n) is 4.93. The van der Waals surface area contributed by atoms with E-state index in [1.165, 1.54) is 32.1 Å². The molecule has 11 heavy (non-hydrogen) atoms. The van der Waals surface area contributed by atoms with Crippen LogP contribution in [0.1, 0.15) is 46.0 Å². The van der Waals surface area contributed by atoms with Crippen molar-refractivity contribution >= 4 is 0 Å². The molecule has 0 aromatic rings. The van der Waals surface area contributed by atoms with E-state index in [4.69, 9.17) is 5.73 Å². The maximum Gasteiger partial charge on any atom is -0.00771 e. The molecule has 0 heterocycles. The maximum atomic E-state index is 5.48. The third-order valence-electron chi connectivity index (χ3n) is 3.13. The van der Waals surface area contributed by atoms with Gasteiger partial charge in [0.1, 0.15) is 0 Å². The molecule has 1 aliphatic rings. The Balaban J connectivity index is 2.14. The van der Waals surface area contributed by atoms with Crippen LogP contribution >= 0.6 is 0 Å². The molecule has 0 amide bonds. The first-order valence-corrected chi connectivity index (χ1v) is 4.93. The number of hydrogen-bond donors (Lipinski definition) is 1. The van der Waals surface area contributed by atoms with Crippen molar-refractivity contribution in [2.24, 2.45) is 17.1 Å². The summed E-state index contributed by atoms with van der Waals surface area (Å²) in [4.78, 5) is 0. The third-order valence-corrected chi connectivity index (χ3v) is 3.13. The van der Waals surface area contributed by atoms with Crippen molar-refractivity contribution in [3.63, 3.8) is 0 Å². The summed E-state index contributed by atoms with van der Waals surface area (Å²) in [6.45, 7) is 5.57. The van der Waals surface area contributed by atoms with Crippen LogP contribution in [0.15, 0.2) is 0 Å². The summed E-state index contributed by atoms with van der Waals surface area (Å²) in [7, 11) is 0. The van der Waals surface area contributed by atoms with E-state index < -0.39 is 0 Å². The van der Waals surface area contributed by atoms with Crippen LogP contribution in [0, 0.1) is 11.3 Å². The Morgan fingerprint density at radius 2 is 2.27 bits per heavy atom. The second-order valence-electron chi connectivity index (χ2n) is 4.24. The van der Waals surface area contributed by atoms with Gasteiger partial charge < -0.3 is 5.73 Å². The summed E-state index contributed by atoms with van der Waals surface area (Å²) in [6.07, 6.45) is 6.82. The highest BCUT2D eigenvalue weighted by molar-refractivity contribution is 4.97. The average molecular weight is 155 g/mol. The molecule has 0 spiro atoms. The van der Waals surface area contributed by atoms with Crippen molar-refractivity contribution in [2.75, 3.05) is 6.54 Å². The first kappa shape index (κ1) is 9.05. The topological polar surface area (TPSA) is 26.0 Å². The normalized spacial score (nSPS) is 35.7. The molecule has 1 fully saturated rings. The van der Waals surface area contributed by atoms with Crippen molar-refractivity contribution < 1.29 is 0 Å². The molecular formula is C10H21N. The van der Waals surface area contributed by atoms with Gasteiger partial charge in [-0.25, -0.2) is 0 Å². The lowest BCUT2D eigenvalue weighted by Crippen LogP contribution is -2.04. The molecule has 1 saturated carbocycles. The number of rotatable bonds is 5. The van der Waals surface area contributed by atoms with Crippen LogP contribution in [0.5, 0.6) is 0 Å². The zero-order valence-electron chi connectivity index (χ0n) is 7.90. The van der Waals surface area contributed by atoms with Crippen LogP contribution < -0.4 is 5.73 Å². The smallest absolute Gasteiger partial charge is 0.00771 e. The maximum absolute atomic E-state index is 5.48. The Kier molecular flexibility index (Phi) is 2.94. The van der Waals surface area contributed by atoms with E-state index in [9.17, 15) is 0 Å². The molecule has 0 aromatic heterocycles. The number of hydrogen-bond acceptors (Lipinski definition) is 1. The van der Waals surface area contributed by atoms with Gasteiger partial charge in [-0.15, -0.1) is 0 Å². The van der Waals surface area contributed by atoms with Crippen molar-refractivity contribution in [1.82, 2.24) is 0 Å². The van der Waals surface area contributed by atoms with Crippen LogP contribution in [0.4, 0.5) is 0 Å². The first-order chi connectivity index (χ1) is 5.23. The van der Waals surface area contributed by atoms with Gasteiger partial charge in [-0.1, -0.05) is 26.7 Å². The van der Waals surface area contributed by atoms with Crippen LogP contribution in [0.3, 0.4) is 0 Å². The lowest BCUT2D eigenvalue weighted by atomic mass is 9.98. The number of nitrogens with two attached hydrogens (primary N) is 1. The summed E-state index contributed by atoms with van der Waals surface area (Å²) in [5, 5.41) is 0. The van der Waals surface area contributed by atoms with Crippen LogP contribution in [0.25, 0.3) is 0 Å². The Bertz CT molecular complexity index is 122. The molecule has 2 unspecified atom stereocenters. The largest absolute Gasteiger partial charge is 0.330 e. The predicted octanol–water partition coefficient (Wildman–Crippen LogP) is 2.55. The summed E-state index contributed by atoms with van der Waals surface area (Å²) in [5.41, 5.74) is 6.17. The molecule has 0 bridgehead atoms. The molecule has 1 heteroatoms. The Labute approximate surface area is 70.4 Å². The second-order valence-corrected chi connectivity index (χ2v) is 4.24. The minimum atomic E-state index is 0.690. The van der Waals surface area contributed by atoms with E-state index in [0.717, 1.165) is 12.5 Å². The standard InChI is InChI=1S/C10H21N/c1-3-5-9-8-10(9,2)6-4-7-11/h9H,3-8,11H2,1-2H3. The van der Waals surface area contributed by atoms with Gasteiger partial charge in [0.05, 0.1) is 0 Å². The lowest BCUT2D eigenvalue weighted by molar-refractivity contribution is 0.433. The van der Waals surface area contributed by atoms with Gasteiger partial charge in [0, 0.05) is 0 Å². The Morgan fingerprint density at radius 1 is 1.55 bits per heavy atom. The van der Waals surface area contributed by atoms with Gasteiger partial charge in [-0.2, -0.15) is 0 Å². The van der Waals surface area contributed by atoms with E-state index in [1.807, 2.05) is 0 Å².